The fourth-order valence-electron chi connectivity index (χ4n) is 1.85. The molecule has 110 valence electrons. The number of nitrogens with one attached hydrogen (secondary N) is 2. The van der Waals surface area contributed by atoms with E-state index in [1.165, 1.54) is 13.1 Å². The Kier molecular flexibility index (Phi) is 5.01. The van der Waals surface area contributed by atoms with E-state index in [2.05, 4.69) is 10.3 Å². The molecule has 0 aromatic carbocycles. The maximum Gasteiger partial charge on any atom is 0.328 e. The molecule has 2 N–H and O–H groups in total. The van der Waals surface area contributed by atoms with E-state index in [1.54, 1.807) is 6.92 Å². The molecular weight excluding hydrogens is 262 g/mol. The van der Waals surface area contributed by atoms with Gasteiger partial charge in [-0.3, -0.25) is 23.9 Å². The highest BCUT2D eigenvalue weighted by atomic mass is 16.2. The van der Waals surface area contributed by atoms with E-state index in [0.29, 0.717) is 5.56 Å². The van der Waals surface area contributed by atoms with E-state index in [9.17, 15) is 19.2 Å². The average Bonchev–Trinajstić information content (AvgIpc) is 2.32. The molecule has 0 spiro atoms. The van der Waals surface area contributed by atoms with Crippen LogP contribution in [0.1, 0.15) is 26.3 Å². The Balaban J connectivity index is 2.86. The van der Waals surface area contributed by atoms with Gasteiger partial charge in [-0.1, -0.05) is 13.8 Å². The molecule has 20 heavy (non-hydrogen) atoms. The van der Waals surface area contributed by atoms with Crippen LogP contribution >= 0.6 is 0 Å². The maximum absolute atomic E-state index is 11.9. The van der Waals surface area contributed by atoms with Crippen LogP contribution in [0.3, 0.4) is 0 Å². The SMILES string of the molecule is CC(=O)C(NC(=O)Cn1cc(C)c(=O)[nH]c1=O)C(C)C. The summed E-state index contributed by atoms with van der Waals surface area (Å²) < 4.78 is 1.10. The molecule has 0 saturated heterocycles. The number of amides is 1. The lowest BCUT2D eigenvalue weighted by molar-refractivity contribution is -0.128. The second-order valence-corrected chi connectivity index (χ2v) is 5.10. The van der Waals surface area contributed by atoms with E-state index in [1.807, 2.05) is 13.8 Å². The molecule has 7 heteroatoms. The maximum atomic E-state index is 11.9. The van der Waals surface area contributed by atoms with Crippen molar-refractivity contribution in [3.63, 3.8) is 0 Å². The van der Waals surface area contributed by atoms with Crippen molar-refractivity contribution in [2.75, 3.05) is 0 Å². The number of nitrogens with zero attached hydrogens (tertiary/aromatic N) is 1. The summed E-state index contributed by atoms with van der Waals surface area (Å²) in [5, 5.41) is 2.59. The molecule has 1 rings (SSSR count). The van der Waals surface area contributed by atoms with Crippen molar-refractivity contribution < 1.29 is 9.59 Å². The molecule has 1 atom stereocenters. The molecule has 1 aromatic heterocycles. The van der Waals surface area contributed by atoms with E-state index in [0.717, 1.165) is 4.57 Å². The summed E-state index contributed by atoms with van der Waals surface area (Å²) in [5.41, 5.74) is -0.792. The number of carbonyl (C=O) groups is 2. The number of aromatic nitrogens is 2. The molecule has 0 aliphatic heterocycles. The first-order chi connectivity index (χ1) is 9.22. The van der Waals surface area contributed by atoms with Crippen LogP contribution in [0.15, 0.2) is 15.8 Å². The van der Waals surface area contributed by atoms with Crippen molar-refractivity contribution >= 4 is 11.7 Å². The van der Waals surface area contributed by atoms with Crippen LogP contribution in [0, 0.1) is 12.8 Å². The van der Waals surface area contributed by atoms with Crippen LogP contribution in [0.5, 0.6) is 0 Å². The van der Waals surface area contributed by atoms with Gasteiger partial charge in [-0.2, -0.15) is 0 Å². The van der Waals surface area contributed by atoms with Gasteiger partial charge >= 0.3 is 5.69 Å². The number of hydrogen-bond donors (Lipinski definition) is 2. The number of aromatic amines is 1. The summed E-state index contributed by atoms with van der Waals surface area (Å²) in [7, 11) is 0. The van der Waals surface area contributed by atoms with Gasteiger partial charge in [0.15, 0.2) is 5.78 Å². The Hall–Kier alpha value is -2.18. The first kappa shape index (κ1) is 15.9. The quantitative estimate of drug-likeness (QED) is 0.765. The van der Waals surface area contributed by atoms with Gasteiger partial charge < -0.3 is 5.32 Å². The molecule has 0 radical (unpaired) electrons. The van der Waals surface area contributed by atoms with E-state index in [-0.39, 0.29) is 18.2 Å². The summed E-state index contributed by atoms with van der Waals surface area (Å²) in [6, 6.07) is -0.581. The number of ketones is 1. The van der Waals surface area contributed by atoms with Crippen molar-refractivity contribution in [3.8, 4) is 0 Å². The van der Waals surface area contributed by atoms with Gasteiger partial charge in [-0.15, -0.1) is 0 Å². The summed E-state index contributed by atoms with van der Waals surface area (Å²) in [6.45, 7) is 6.35. The largest absolute Gasteiger partial charge is 0.344 e. The molecule has 0 aliphatic rings. The fourth-order valence-corrected chi connectivity index (χ4v) is 1.85. The Labute approximate surface area is 116 Å². The Bertz CT molecular complexity index is 627. The van der Waals surface area contributed by atoms with Crippen molar-refractivity contribution in [2.45, 2.75) is 40.3 Å². The first-order valence-corrected chi connectivity index (χ1v) is 6.32. The molecule has 0 bridgehead atoms. The van der Waals surface area contributed by atoms with Crippen molar-refractivity contribution in [2.24, 2.45) is 5.92 Å². The number of hydrogen-bond acceptors (Lipinski definition) is 4. The van der Waals surface area contributed by atoms with Gasteiger partial charge in [0, 0.05) is 11.8 Å². The van der Waals surface area contributed by atoms with Gasteiger partial charge in [0.05, 0.1) is 6.04 Å². The van der Waals surface area contributed by atoms with Gasteiger partial charge in [0.25, 0.3) is 5.56 Å². The fraction of sp³-hybridized carbons (Fsp3) is 0.538. The topological polar surface area (TPSA) is 101 Å². The van der Waals surface area contributed by atoms with Crippen LogP contribution in [-0.2, 0) is 16.1 Å². The van der Waals surface area contributed by atoms with Crippen molar-refractivity contribution in [3.05, 3.63) is 32.6 Å². The second-order valence-electron chi connectivity index (χ2n) is 5.10. The highest BCUT2D eigenvalue weighted by molar-refractivity contribution is 5.87. The summed E-state index contributed by atoms with van der Waals surface area (Å²) in [6.07, 6.45) is 1.32. The third-order valence-electron chi connectivity index (χ3n) is 2.92. The average molecular weight is 281 g/mol. The van der Waals surface area contributed by atoms with Gasteiger partial charge in [0.2, 0.25) is 5.91 Å². The Morgan fingerprint density at radius 2 is 1.95 bits per heavy atom. The normalized spacial score (nSPS) is 12.2. The van der Waals surface area contributed by atoms with Crippen LogP contribution in [0.2, 0.25) is 0 Å². The van der Waals surface area contributed by atoms with Crippen LogP contribution in [0.25, 0.3) is 0 Å². The lowest BCUT2D eigenvalue weighted by Crippen LogP contribution is -2.46. The molecule has 1 aromatic rings. The number of Topliss-reactive ketones (excluding diaryl/α,β-unsaturated/α-hetero) is 1. The molecule has 0 aliphatic carbocycles. The smallest absolute Gasteiger partial charge is 0.328 e. The lowest BCUT2D eigenvalue weighted by atomic mass is 10.0. The third kappa shape index (κ3) is 3.91. The van der Waals surface area contributed by atoms with E-state index in [4.69, 9.17) is 0 Å². The van der Waals surface area contributed by atoms with Crippen LogP contribution < -0.4 is 16.6 Å². The second kappa shape index (κ2) is 6.31. The number of rotatable bonds is 5. The van der Waals surface area contributed by atoms with E-state index >= 15 is 0 Å². The number of carbonyl (C=O) groups excluding carboxylic acids is 2. The van der Waals surface area contributed by atoms with Gasteiger partial charge in [0.1, 0.15) is 6.54 Å². The molecule has 7 nitrogen and oxygen atoms in total. The zero-order valence-electron chi connectivity index (χ0n) is 12.0. The molecule has 0 saturated carbocycles. The predicted molar refractivity (Wildman–Crippen MR) is 73.5 cm³/mol. The monoisotopic (exact) mass is 281 g/mol. The summed E-state index contributed by atoms with van der Waals surface area (Å²) in [4.78, 5) is 48.2. The summed E-state index contributed by atoms with van der Waals surface area (Å²) >= 11 is 0. The molecule has 1 unspecified atom stereocenters. The number of aryl methyl sites for hydroxylation is 1. The zero-order valence-corrected chi connectivity index (χ0v) is 12.0. The summed E-state index contributed by atoms with van der Waals surface area (Å²) in [5.74, 6) is -0.628. The minimum Gasteiger partial charge on any atom is -0.344 e. The lowest BCUT2D eigenvalue weighted by Gasteiger charge is -2.19. The Morgan fingerprint density at radius 3 is 2.45 bits per heavy atom. The minimum atomic E-state index is -0.653. The molecular formula is C13H19N3O4. The van der Waals surface area contributed by atoms with E-state index < -0.39 is 23.2 Å². The highest BCUT2D eigenvalue weighted by Gasteiger charge is 2.20. The highest BCUT2D eigenvalue weighted by Crippen LogP contribution is 2.02. The number of H-pyrrole nitrogens is 1. The third-order valence-corrected chi connectivity index (χ3v) is 2.92. The van der Waals surface area contributed by atoms with Gasteiger partial charge in [-0.25, -0.2) is 4.79 Å². The first-order valence-electron chi connectivity index (χ1n) is 6.32. The predicted octanol–water partition coefficient (Wildman–Crippen LogP) is -0.425. The van der Waals surface area contributed by atoms with Crippen molar-refractivity contribution in [1.82, 2.24) is 14.9 Å². The molecule has 1 amide bonds. The van der Waals surface area contributed by atoms with Crippen LogP contribution in [0.4, 0.5) is 0 Å². The van der Waals surface area contributed by atoms with Crippen molar-refractivity contribution in [1.29, 1.82) is 0 Å². The van der Waals surface area contributed by atoms with Gasteiger partial charge in [-0.05, 0) is 19.8 Å². The Morgan fingerprint density at radius 1 is 1.35 bits per heavy atom. The van der Waals surface area contributed by atoms with Crippen LogP contribution in [-0.4, -0.2) is 27.3 Å². The zero-order chi connectivity index (χ0) is 15.4. The molecule has 1 heterocycles. The molecule has 0 fully saturated rings. The standard InChI is InChI=1S/C13H19N3O4/c1-7(2)11(9(4)17)14-10(18)6-16-5-8(3)12(19)15-13(16)20/h5,7,11H,6H2,1-4H3,(H,14,18)(H,15,19,20). The minimum absolute atomic E-state index is 0.0366.